The Morgan fingerprint density at radius 2 is 1.64 bits per heavy atom. The third-order valence-electron chi connectivity index (χ3n) is 2.80. The zero-order valence-electron chi connectivity index (χ0n) is 8.62. The highest BCUT2D eigenvalue weighted by Gasteiger charge is 2.12. The minimum atomic E-state index is 0.941. The van der Waals surface area contributed by atoms with Crippen molar-refractivity contribution in [3.05, 3.63) is 41.9 Å². The third-order valence-corrected chi connectivity index (χ3v) is 2.80. The molecule has 0 bridgehead atoms. The van der Waals surface area contributed by atoms with Gasteiger partial charge in [0.2, 0.25) is 0 Å². The Balaban J connectivity index is 2.17. The first-order chi connectivity index (χ1) is 6.90. The number of rotatable bonds is 0. The summed E-state index contributed by atoms with van der Waals surface area (Å²) in [5.41, 5.74) is 2.98. The molecule has 0 aromatic carbocycles. The van der Waals surface area contributed by atoms with Crippen LogP contribution in [0.2, 0.25) is 0 Å². The van der Waals surface area contributed by atoms with E-state index < -0.39 is 0 Å². The van der Waals surface area contributed by atoms with Crippen LogP contribution in [0.5, 0.6) is 0 Å². The molecule has 73 valence electrons. The van der Waals surface area contributed by atoms with Gasteiger partial charge in [-0.25, -0.2) is 0 Å². The summed E-state index contributed by atoms with van der Waals surface area (Å²) in [7, 11) is 1.71. The molecule has 14 heavy (non-hydrogen) atoms. The summed E-state index contributed by atoms with van der Waals surface area (Å²) in [6.07, 6.45) is 15.7. The molecule has 0 heterocycles. The first-order valence-corrected chi connectivity index (χ1v) is 5.21. The fraction of sp³-hybridized carbons (Fsp3) is 0.385. The van der Waals surface area contributed by atoms with Crippen molar-refractivity contribution in [3.8, 4) is 0 Å². The molecule has 2 aliphatic carbocycles. The molecule has 1 nitrogen and oxygen atoms in total. The Morgan fingerprint density at radius 3 is 2.21 bits per heavy atom. The Hall–Kier alpha value is -1.11. The van der Waals surface area contributed by atoms with E-state index in [-0.39, 0.29) is 0 Å². The summed E-state index contributed by atoms with van der Waals surface area (Å²) in [6.45, 7) is 0. The first kappa shape index (κ1) is 9.45. The van der Waals surface area contributed by atoms with Gasteiger partial charge in [-0.3, -0.25) is 4.42 Å². The summed E-state index contributed by atoms with van der Waals surface area (Å²) in [5.74, 6) is 0.941. The van der Waals surface area contributed by atoms with Crippen molar-refractivity contribution in [2.24, 2.45) is 0 Å². The second-order valence-corrected chi connectivity index (χ2v) is 3.70. The van der Waals surface area contributed by atoms with Gasteiger partial charge < -0.3 is 0 Å². The van der Waals surface area contributed by atoms with Gasteiger partial charge in [0.05, 0.1) is 0 Å². The molecule has 0 saturated heterocycles. The molecule has 2 rings (SSSR count). The lowest BCUT2D eigenvalue weighted by Crippen LogP contribution is -2.01. The van der Waals surface area contributed by atoms with Crippen molar-refractivity contribution >= 4 is 5.78 Å². The highest BCUT2D eigenvalue weighted by Crippen LogP contribution is 2.27. The van der Waals surface area contributed by atoms with Crippen LogP contribution in [0.15, 0.2) is 35.5 Å². The lowest BCUT2D eigenvalue weighted by atomic mass is 9.89. The van der Waals surface area contributed by atoms with Crippen molar-refractivity contribution < 1.29 is 4.42 Å². The quantitative estimate of drug-likeness (QED) is 0.518. The molecule has 1 saturated carbocycles. The third kappa shape index (κ3) is 2.03. The second kappa shape index (κ2) is 4.41. The maximum absolute atomic E-state index is 5.14. The summed E-state index contributed by atoms with van der Waals surface area (Å²) < 4.78 is 5.14. The maximum Gasteiger partial charge on any atom is 0.343 e. The Labute approximate surface area is 85.5 Å². The summed E-state index contributed by atoms with van der Waals surface area (Å²) in [5, 5.41) is 0. The lowest BCUT2D eigenvalue weighted by Gasteiger charge is -2.16. The van der Waals surface area contributed by atoms with Crippen LogP contribution < -0.4 is 0 Å². The Bertz CT molecular complexity index is 303. The van der Waals surface area contributed by atoms with Gasteiger partial charge in [-0.05, 0) is 49.8 Å². The highest BCUT2D eigenvalue weighted by atomic mass is 16.4. The molecule has 0 aliphatic heterocycles. The van der Waals surface area contributed by atoms with E-state index in [2.05, 4.69) is 18.6 Å². The van der Waals surface area contributed by atoms with Crippen molar-refractivity contribution in [1.82, 2.24) is 0 Å². The number of hydrogen-bond donors (Lipinski definition) is 0. The van der Waals surface area contributed by atoms with Gasteiger partial charge in [-0.1, -0.05) is 5.57 Å². The van der Waals surface area contributed by atoms with Crippen LogP contribution in [0.4, 0.5) is 0 Å². The van der Waals surface area contributed by atoms with Crippen LogP contribution in [0, 0.1) is 6.42 Å². The van der Waals surface area contributed by atoms with Gasteiger partial charge in [0.1, 0.15) is 0 Å². The van der Waals surface area contributed by atoms with E-state index in [0.29, 0.717) is 0 Å². The summed E-state index contributed by atoms with van der Waals surface area (Å²) >= 11 is 0. The van der Waals surface area contributed by atoms with E-state index in [0.717, 1.165) is 5.78 Å². The van der Waals surface area contributed by atoms with Gasteiger partial charge in [-0.2, -0.15) is 0 Å². The predicted octanol–water partition coefficient (Wildman–Crippen LogP) is 2.92. The van der Waals surface area contributed by atoms with Gasteiger partial charge in [-0.15, -0.1) is 0 Å². The number of hydrogen-bond acceptors (Lipinski definition) is 0. The van der Waals surface area contributed by atoms with Crippen molar-refractivity contribution in [3.63, 3.8) is 0 Å². The topological polar surface area (TPSA) is 11.3 Å². The molecule has 0 aromatic rings. The molecule has 1 radical (unpaired) electrons. The van der Waals surface area contributed by atoms with E-state index in [1.54, 1.807) is 12.7 Å². The fourth-order valence-electron chi connectivity index (χ4n) is 1.94. The minimum absolute atomic E-state index is 0.941. The van der Waals surface area contributed by atoms with E-state index in [1.807, 2.05) is 12.2 Å². The van der Waals surface area contributed by atoms with Gasteiger partial charge >= 0.3 is 5.78 Å². The Kier molecular flexibility index (Phi) is 2.97. The molecule has 2 aliphatic rings. The molecular formula is C13H16O+. The Morgan fingerprint density at radius 1 is 1.00 bits per heavy atom. The van der Waals surface area contributed by atoms with Crippen LogP contribution in [0.1, 0.15) is 25.7 Å². The largest absolute Gasteiger partial charge is 0.343 e. The van der Waals surface area contributed by atoms with Crippen molar-refractivity contribution in [2.45, 2.75) is 25.7 Å². The summed E-state index contributed by atoms with van der Waals surface area (Å²) in [6, 6.07) is 0. The molecule has 1 heteroatoms. The normalized spacial score (nSPS) is 21.6. The molecule has 0 N–H and O–H groups in total. The standard InChI is InChI=1S/C13H16O/c1-14-13-9-7-12(8-10-13)11-5-3-2-4-6-11/h2,7-10H,3-6H2,1H3/q+1. The molecule has 0 amide bonds. The predicted molar refractivity (Wildman–Crippen MR) is 59.0 cm³/mol. The van der Waals surface area contributed by atoms with E-state index in [9.17, 15) is 0 Å². The van der Waals surface area contributed by atoms with Crippen molar-refractivity contribution in [1.29, 1.82) is 0 Å². The number of allylic oxidation sites excluding steroid dienone is 6. The van der Waals surface area contributed by atoms with Crippen LogP contribution in [-0.4, -0.2) is 12.9 Å². The zero-order chi connectivity index (χ0) is 9.80. The minimum Gasteiger partial charge on any atom is -0.258 e. The highest BCUT2D eigenvalue weighted by molar-refractivity contribution is 6.01. The average Bonchev–Trinajstić information content (AvgIpc) is 2.30. The smallest absolute Gasteiger partial charge is 0.258 e. The second-order valence-electron chi connectivity index (χ2n) is 3.70. The van der Waals surface area contributed by atoms with E-state index >= 15 is 0 Å². The maximum atomic E-state index is 5.14. The lowest BCUT2D eigenvalue weighted by molar-refractivity contribution is -0.417. The van der Waals surface area contributed by atoms with E-state index in [1.165, 1.54) is 31.3 Å². The van der Waals surface area contributed by atoms with E-state index in [4.69, 9.17) is 4.42 Å². The number of carbonyl (C=O) groups excluding carboxylic acids is 1. The molecule has 0 unspecified atom stereocenters. The molecule has 1 fully saturated rings. The average molecular weight is 188 g/mol. The van der Waals surface area contributed by atoms with Gasteiger partial charge in [0, 0.05) is 12.2 Å². The van der Waals surface area contributed by atoms with Crippen molar-refractivity contribution in [2.75, 3.05) is 7.11 Å². The zero-order valence-corrected chi connectivity index (χ0v) is 8.62. The molecular weight excluding hydrogens is 172 g/mol. The monoisotopic (exact) mass is 188 g/mol. The SMILES string of the molecule is C[O+]=C1C=CC(=C2CC[CH]CC2)C=C1. The molecule has 0 atom stereocenters. The van der Waals surface area contributed by atoms with Crippen LogP contribution in [0.3, 0.4) is 0 Å². The number of ketones is 1. The van der Waals surface area contributed by atoms with Crippen LogP contribution in [-0.2, 0) is 4.42 Å². The van der Waals surface area contributed by atoms with Crippen LogP contribution in [0.25, 0.3) is 0 Å². The summed E-state index contributed by atoms with van der Waals surface area (Å²) in [4.78, 5) is 0. The first-order valence-electron chi connectivity index (χ1n) is 5.21. The van der Waals surface area contributed by atoms with Crippen LogP contribution >= 0.6 is 0 Å². The van der Waals surface area contributed by atoms with Gasteiger partial charge in [0.25, 0.3) is 7.11 Å². The van der Waals surface area contributed by atoms with Gasteiger partial charge in [0.15, 0.2) is 0 Å². The fourth-order valence-corrected chi connectivity index (χ4v) is 1.94. The molecule has 0 spiro atoms. The molecule has 0 aromatic heterocycles.